The Morgan fingerprint density at radius 1 is 1.39 bits per heavy atom. The van der Waals surface area contributed by atoms with Gasteiger partial charge in [-0.2, -0.15) is 4.98 Å². The summed E-state index contributed by atoms with van der Waals surface area (Å²) >= 11 is 1.55. The minimum Gasteiger partial charge on any atom is -0.389 e. The van der Waals surface area contributed by atoms with Gasteiger partial charge in [-0.15, -0.1) is 11.3 Å². The van der Waals surface area contributed by atoms with Crippen LogP contribution in [0.5, 0.6) is 0 Å². The fourth-order valence-corrected chi connectivity index (χ4v) is 2.64. The van der Waals surface area contributed by atoms with Crippen molar-refractivity contribution in [2.75, 3.05) is 13.1 Å². The van der Waals surface area contributed by atoms with E-state index in [0.717, 1.165) is 4.88 Å². The fraction of sp³-hybridized carbons (Fsp3) is 0.455. The zero-order chi connectivity index (χ0) is 12.5. The molecule has 2 atom stereocenters. The SMILES string of the molecule is OC1CN(Cc2nc(-c3cccs3)no2)CC1O. The third-order valence-corrected chi connectivity index (χ3v) is 3.77. The number of aliphatic hydroxyl groups is 2. The zero-order valence-electron chi connectivity index (χ0n) is 9.56. The highest BCUT2D eigenvalue weighted by Crippen LogP contribution is 2.22. The number of aliphatic hydroxyl groups excluding tert-OH is 2. The van der Waals surface area contributed by atoms with E-state index in [1.165, 1.54) is 0 Å². The van der Waals surface area contributed by atoms with Crippen molar-refractivity contribution in [3.8, 4) is 10.7 Å². The molecule has 0 aromatic carbocycles. The minimum absolute atomic E-state index is 0.428. The van der Waals surface area contributed by atoms with Crippen LogP contribution in [0.15, 0.2) is 22.0 Å². The molecule has 3 rings (SSSR count). The average molecular weight is 267 g/mol. The number of aromatic nitrogens is 2. The quantitative estimate of drug-likeness (QED) is 0.834. The molecule has 2 unspecified atom stereocenters. The van der Waals surface area contributed by atoms with Crippen molar-refractivity contribution >= 4 is 11.3 Å². The Bertz CT molecular complexity index is 503. The molecule has 3 heterocycles. The maximum absolute atomic E-state index is 9.44. The highest BCUT2D eigenvalue weighted by Gasteiger charge is 2.30. The molecule has 0 radical (unpaired) electrons. The van der Waals surface area contributed by atoms with Crippen LogP contribution in [-0.4, -0.2) is 50.6 Å². The highest BCUT2D eigenvalue weighted by atomic mass is 32.1. The van der Waals surface area contributed by atoms with Gasteiger partial charge < -0.3 is 14.7 Å². The second-order valence-corrected chi connectivity index (χ2v) is 5.27. The maximum Gasteiger partial charge on any atom is 0.241 e. The Morgan fingerprint density at radius 3 is 2.83 bits per heavy atom. The smallest absolute Gasteiger partial charge is 0.241 e. The summed E-state index contributed by atoms with van der Waals surface area (Å²) in [5.41, 5.74) is 0. The Labute approximate surface area is 107 Å². The van der Waals surface area contributed by atoms with Crippen molar-refractivity contribution in [1.82, 2.24) is 15.0 Å². The van der Waals surface area contributed by atoms with E-state index in [0.29, 0.717) is 31.3 Å². The van der Waals surface area contributed by atoms with Crippen LogP contribution in [0.1, 0.15) is 5.89 Å². The van der Waals surface area contributed by atoms with Gasteiger partial charge in [0.2, 0.25) is 11.7 Å². The highest BCUT2D eigenvalue weighted by molar-refractivity contribution is 7.13. The Balaban J connectivity index is 1.68. The molecule has 1 fully saturated rings. The molecule has 18 heavy (non-hydrogen) atoms. The van der Waals surface area contributed by atoms with Crippen LogP contribution in [-0.2, 0) is 6.54 Å². The molecule has 0 saturated carbocycles. The summed E-state index contributed by atoms with van der Waals surface area (Å²) in [6.45, 7) is 1.31. The predicted molar refractivity (Wildman–Crippen MR) is 64.9 cm³/mol. The molecule has 2 N–H and O–H groups in total. The Hall–Kier alpha value is -1.28. The van der Waals surface area contributed by atoms with Crippen molar-refractivity contribution in [2.24, 2.45) is 0 Å². The van der Waals surface area contributed by atoms with Crippen molar-refractivity contribution < 1.29 is 14.7 Å². The zero-order valence-corrected chi connectivity index (χ0v) is 10.4. The number of nitrogens with zero attached hydrogens (tertiary/aromatic N) is 3. The van der Waals surface area contributed by atoms with Gasteiger partial charge in [0, 0.05) is 13.1 Å². The van der Waals surface area contributed by atoms with Crippen LogP contribution in [0.4, 0.5) is 0 Å². The van der Waals surface area contributed by atoms with E-state index >= 15 is 0 Å². The monoisotopic (exact) mass is 267 g/mol. The van der Waals surface area contributed by atoms with E-state index < -0.39 is 12.2 Å². The van der Waals surface area contributed by atoms with Crippen molar-refractivity contribution in [1.29, 1.82) is 0 Å². The van der Waals surface area contributed by atoms with Gasteiger partial charge in [0.15, 0.2) is 0 Å². The predicted octanol–water partition coefficient (Wildman–Crippen LogP) is 0.335. The normalized spacial score (nSPS) is 24.8. The Morgan fingerprint density at radius 2 is 2.17 bits per heavy atom. The number of thiophene rings is 1. The molecule has 2 aromatic rings. The fourth-order valence-electron chi connectivity index (χ4n) is 1.99. The van der Waals surface area contributed by atoms with Gasteiger partial charge in [-0.05, 0) is 11.4 Å². The molecular formula is C11H13N3O3S. The molecule has 0 amide bonds. The number of hydrogen-bond acceptors (Lipinski definition) is 7. The third kappa shape index (κ3) is 2.30. The van der Waals surface area contributed by atoms with Crippen LogP contribution in [0.3, 0.4) is 0 Å². The summed E-state index contributed by atoms with van der Waals surface area (Å²) in [6, 6.07) is 3.87. The lowest BCUT2D eigenvalue weighted by Gasteiger charge is -2.10. The van der Waals surface area contributed by atoms with E-state index in [4.69, 9.17) is 4.52 Å². The first-order chi connectivity index (χ1) is 8.72. The van der Waals surface area contributed by atoms with E-state index in [9.17, 15) is 10.2 Å². The molecule has 1 aliphatic heterocycles. The van der Waals surface area contributed by atoms with E-state index in [2.05, 4.69) is 10.1 Å². The van der Waals surface area contributed by atoms with Gasteiger partial charge in [-0.1, -0.05) is 11.2 Å². The van der Waals surface area contributed by atoms with Crippen molar-refractivity contribution in [2.45, 2.75) is 18.8 Å². The summed E-state index contributed by atoms with van der Waals surface area (Å²) < 4.78 is 5.16. The van der Waals surface area contributed by atoms with E-state index in [-0.39, 0.29) is 0 Å². The number of rotatable bonds is 3. The van der Waals surface area contributed by atoms with Crippen LogP contribution in [0.2, 0.25) is 0 Å². The second-order valence-electron chi connectivity index (χ2n) is 4.32. The average Bonchev–Trinajstić information content (AvgIpc) is 3.02. The van der Waals surface area contributed by atoms with Crippen LogP contribution in [0, 0.1) is 0 Å². The second kappa shape index (κ2) is 4.77. The lowest BCUT2D eigenvalue weighted by Crippen LogP contribution is -2.22. The van der Waals surface area contributed by atoms with Gasteiger partial charge in [-0.3, -0.25) is 4.90 Å². The summed E-state index contributed by atoms with van der Waals surface area (Å²) in [7, 11) is 0. The first kappa shape index (κ1) is 11.8. The lowest BCUT2D eigenvalue weighted by atomic mass is 10.3. The summed E-state index contributed by atoms with van der Waals surface area (Å²) in [5, 5.41) is 24.8. The topological polar surface area (TPSA) is 82.6 Å². The van der Waals surface area contributed by atoms with Crippen LogP contribution in [0.25, 0.3) is 10.7 Å². The summed E-state index contributed by atoms with van der Waals surface area (Å²) in [5.74, 6) is 1.08. The molecular weight excluding hydrogens is 254 g/mol. The Kier molecular flexibility index (Phi) is 3.13. The minimum atomic E-state index is -0.690. The standard InChI is InChI=1S/C11H13N3O3S/c15-7-4-14(5-8(7)16)6-10-12-11(13-17-10)9-2-1-3-18-9/h1-3,7-8,15-16H,4-6H2. The van der Waals surface area contributed by atoms with Gasteiger partial charge in [0.05, 0.1) is 23.6 Å². The number of likely N-dealkylation sites (tertiary alicyclic amines) is 1. The van der Waals surface area contributed by atoms with E-state index in [1.807, 2.05) is 22.4 Å². The largest absolute Gasteiger partial charge is 0.389 e. The first-order valence-electron chi connectivity index (χ1n) is 5.67. The maximum atomic E-state index is 9.44. The molecule has 7 heteroatoms. The van der Waals surface area contributed by atoms with Crippen LogP contribution >= 0.6 is 11.3 Å². The van der Waals surface area contributed by atoms with Gasteiger partial charge in [0.25, 0.3) is 0 Å². The third-order valence-electron chi connectivity index (χ3n) is 2.90. The van der Waals surface area contributed by atoms with Crippen molar-refractivity contribution in [3.63, 3.8) is 0 Å². The summed E-state index contributed by atoms with van der Waals surface area (Å²) in [6.07, 6.45) is -1.38. The van der Waals surface area contributed by atoms with Gasteiger partial charge >= 0.3 is 0 Å². The first-order valence-corrected chi connectivity index (χ1v) is 6.55. The summed E-state index contributed by atoms with van der Waals surface area (Å²) in [4.78, 5) is 7.15. The molecule has 0 aliphatic carbocycles. The molecule has 1 aliphatic rings. The van der Waals surface area contributed by atoms with Crippen molar-refractivity contribution in [3.05, 3.63) is 23.4 Å². The van der Waals surface area contributed by atoms with Gasteiger partial charge in [0.1, 0.15) is 0 Å². The molecule has 6 nitrogen and oxygen atoms in total. The molecule has 96 valence electrons. The molecule has 0 bridgehead atoms. The van der Waals surface area contributed by atoms with Gasteiger partial charge in [-0.25, -0.2) is 0 Å². The molecule has 2 aromatic heterocycles. The van der Waals surface area contributed by atoms with Crippen LogP contribution < -0.4 is 0 Å². The molecule has 0 spiro atoms. The number of hydrogen-bond donors (Lipinski definition) is 2. The lowest BCUT2D eigenvalue weighted by molar-refractivity contribution is 0.0572. The molecule has 1 saturated heterocycles. The number of β-amino-alcohol motifs (C(OH)–C–C–N with tert-alkyl or cyclic N) is 2. The van der Waals surface area contributed by atoms with E-state index in [1.54, 1.807) is 11.3 Å².